The van der Waals surface area contributed by atoms with Gasteiger partial charge in [-0.2, -0.15) is 0 Å². The summed E-state index contributed by atoms with van der Waals surface area (Å²) in [7, 11) is 1.62. The van der Waals surface area contributed by atoms with E-state index >= 15 is 0 Å². The van der Waals surface area contributed by atoms with Crippen LogP contribution >= 0.6 is 0 Å². The molecule has 1 aliphatic heterocycles. The number of carbonyl (C=O) groups excluding carboxylic acids is 2. The highest BCUT2D eigenvalue weighted by atomic mass is 19.2. The Morgan fingerprint density at radius 2 is 1.78 bits per heavy atom. The van der Waals surface area contributed by atoms with Gasteiger partial charge < -0.3 is 15.0 Å². The van der Waals surface area contributed by atoms with Crippen molar-refractivity contribution in [2.24, 2.45) is 0 Å². The van der Waals surface area contributed by atoms with Gasteiger partial charge in [0.15, 0.2) is 11.6 Å². The minimum Gasteiger partial charge on any atom is -0.497 e. The number of benzene rings is 2. The summed E-state index contributed by atoms with van der Waals surface area (Å²) in [4.78, 5) is 29.1. The first-order chi connectivity index (χ1) is 15.4. The maximum absolute atomic E-state index is 13.4. The van der Waals surface area contributed by atoms with E-state index in [-0.39, 0.29) is 17.5 Å². The highest BCUT2D eigenvalue weighted by Gasteiger charge is 2.25. The summed E-state index contributed by atoms with van der Waals surface area (Å²) >= 11 is 0. The summed E-state index contributed by atoms with van der Waals surface area (Å²) in [6, 6.07) is 10.5. The third-order valence-electron chi connectivity index (χ3n) is 5.78. The lowest BCUT2D eigenvalue weighted by Crippen LogP contribution is -2.44. The SMILES string of the molecule is COc1ccc(CCC(=O)N2CCCN(C(C)C(=O)Nc3ccc(F)c(F)c3)CC2)cc1. The summed E-state index contributed by atoms with van der Waals surface area (Å²) in [5, 5.41) is 2.63. The molecule has 0 bridgehead atoms. The first kappa shape index (κ1) is 23.7. The number of carbonyl (C=O) groups is 2. The van der Waals surface area contributed by atoms with Crippen molar-refractivity contribution < 1.29 is 23.1 Å². The van der Waals surface area contributed by atoms with Crippen molar-refractivity contribution in [2.45, 2.75) is 32.2 Å². The molecule has 0 aliphatic carbocycles. The van der Waals surface area contributed by atoms with Gasteiger partial charge in [-0.1, -0.05) is 12.1 Å². The van der Waals surface area contributed by atoms with Crippen LogP contribution in [0.5, 0.6) is 5.75 Å². The van der Waals surface area contributed by atoms with Crippen LogP contribution in [0.25, 0.3) is 0 Å². The van der Waals surface area contributed by atoms with Crippen molar-refractivity contribution in [3.8, 4) is 5.75 Å². The molecule has 1 heterocycles. The Labute approximate surface area is 187 Å². The first-order valence-corrected chi connectivity index (χ1v) is 10.8. The molecule has 2 amide bonds. The maximum atomic E-state index is 13.4. The molecule has 1 unspecified atom stereocenters. The molecule has 1 atom stereocenters. The Balaban J connectivity index is 1.49. The van der Waals surface area contributed by atoms with Crippen molar-refractivity contribution >= 4 is 17.5 Å². The first-order valence-electron chi connectivity index (χ1n) is 10.8. The molecule has 2 aromatic carbocycles. The number of halogens is 2. The van der Waals surface area contributed by atoms with Crippen LogP contribution in [-0.4, -0.2) is 60.9 Å². The van der Waals surface area contributed by atoms with E-state index < -0.39 is 17.7 Å². The van der Waals surface area contributed by atoms with Crippen molar-refractivity contribution in [1.82, 2.24) is 9.80 Å². The third kappa shape index (κ3) is 6.26. The molecule has 1 aliphatic rings. The van der Waals surface area contributed by atoms with Gasteiger partial charge in [-0.25, -0.2) is 8.78 Å². The molecule has 32 heavy (non-hydrogen) atoms. The molecular formula is C24H29F2N3O3. The smallest absolute Gasteiger partial charge is 0.241 e. The lowest BCUT2D eigenvalue weighted by molar-refractivity contribution is -0.131. The number of anilines is 1. The van der Waals surface area contributed by atoms with E-state index in [2.05, 4.69) is 5.32 Å². The molecule has 172 valence electrons. The molecule has 3 rings (SSSR count). The van der Waals surface area contributed by atoms with Crippen LogP contribution in [0.4, 0.5) is 14.5 Å². The van der Waals surface area contributed by atoms with Crippen LogP contribution in [0.2, 0.25) is 0 Å². The highest BCUT2D eigenvalue weighted by Crippen LogP contribution is 2.16. The quantitative estimate of drug-likeness (QED) is 0.709. The zero-order chi connectivity index (χ0) is 23.1. The zero-order valence-electron chi connectivity index (χ0n) is 18.4. The number of ether oxygens (including phenoxy) is 1. The summed E-state index contributed by atoms with van der Waals surface area (Å²) in [5.74, 6) is -1.37. The topological polar surface area (TPSA) is 61.9 Å². The molecule has 8 heteroatoms. The Morgan fingerprint density at radius 3 is 2.47 bits per heavy atom. The van der Waals surface area contributed by atoms with Gasteiger partial charge in [0.05, 0.1) is 13.2 Å². The Morgan fingerprint density at radius 1 is 1.03 bits per heavy atom. The van der Waals surface area contributed by atoms with E-state index in [4.69, 9.17) is 4.74 Å². The van der Waals surface area contributed by atoms with Gasteiger partial charge in [0, 0.05) is 44.4 Å². The van der Waals surface area contributed by atoms with Gasteiger partial charge in [0.2, 0.25) is 11.8 Å². The van der Waals surface area contributed by atoms with Crippen LogP contribution in [0.15, 0.2) is 42.5 Å². The van der Waals surface area contributed by atoms with E-state index in [9.17, 15) is 18.4 Å². The van der Waals surface area contributed by atoms with E-state index in [0.29, 0.717) is 39.0 Å². The Kier molecular flexibility index (Phi) is 8.16. The number of nitrogens with zero attached hydrogens (tertiary/aromatic N) is 2. The van der Waals surface area contributed by atoms with Crippen molar-refractivity contribution in [3.05, 3.63) is 59.7 Å². The highest BCUT2D eigenvalue weighted by molar-refractivity contribution is 5.94. The van der Waals surface area contributed by atoms with E-state index in [1.54, 1.807) is 14.0 Å². The minimum atomic E-state index is -1.01. The summed E-state index contributed by atoms with van der Waals surface area (Å²) < 4.78 is 31.6. The molecule has 6 nitrogen and oxygen atoms in total. The molecule has 0 radical (unpaired) electrons. The van der Waals surface area contributed by atoms with Crippen molar-refractivity contribution in [1.29, 1.82) is 0 Å². The molecular weight excluding hydrogens is 416 g/mol. The van der Waals surface area contributed by atoms with E-state index in [1.165, 1.54) is 6.07 Å². The zero-order valence-corrected chi connectivity index (χ0v) is 18.4. The fraction of sp³-hybridized carbons (Fsp3) is 0.417. The third-order valence-corrected chi connectivity index (χ3v) is 5.78. The number of rotatable bonds is 7. The second-order valence-corrected chi connectivity index (χ2v) is 7.91. The maximum Gasteiger partial charge on any atom is 0.241 e. The Hall–Kier alpha value is -3.00. The Bertz CT molecular complexity index is 937. The monoisotopic (exact) mass is 445 g/mol. The van der Waals surface area contributed by atoms with Crippen molar-refractivity contribution in [2.75, 3.05) is 38.6 Å². The molecule has 1 fully saturated rings. The number of hydrogen-bond acceptors (Lipinski definition) is 4. The summed E-state index contributed by atoms with van der Waals surface area (Å²) in [5.41, 5.74) is 1.30. The average molecular weight is 446 g/mol. The van der Waals surface area contributed by atoms with Gasteiger partial charge in [0.1, 0.15) is 5.75 Å². The van der Waals surface area contributed by atoms with Gasteiger partial charge in [-0.3, -0.25) is 14.5 Å². The second-order valence-electron chi connectivity index (χ2n) is 7.91. The fourth-order valence-corrected chi connectivity index (χ4v) is 3.76. The van der Waals surface area contributed by atoms with Crippen LogP contribution in [0, 0.1) is 11.6 Å². The van der Waals surface area contributed by atoms with Crippen LogP contribution < -0.4 is 10.1 Å². The molecule has 1 saturated heterocycles. The number of nitrogens with one attached hydrogen (secondary N) is 1. The van der Waals surface area contributed by atoms with Crippen LogP contribution in [-0.2, 0) is 16.0 Å². The van der Waals surface area contributed by atoms with E-state index in [0.717, 1.165) is 29.9 Å². The van der Waals surface area contributed by atoms with Crippen molar-refractivity contribution in [3.63, 3.8) is 0 Å². The summed E-state index contributed by atoms with van der Waals surface area (Å²) in [6.45, 7) is 4.21. The lowest BCUT2D eigenvalue weighted by atomic mass is 10.1. The van der Waals surface area contributed by atoms with Crippen LogP contribution in [0.1, 0.15) is 25.3 Å². The number of amides is 2. The number of hydrogen-bond donors (Lipinski definition) is 1. The predicted molar refractivity (Wildman–Crippen MR) is 119 cm³/mol. The minimum absolute atomic E-state index is 0.0987. The lowest BCUT2D eigenvalue weighted by Gasteiger charge is -2.27. The fourth-order valence-electron chi connectivity index (χ4n) is 3.76. The second kappa shape index (κ2) is 11.0. The van der Waals surface area contributed by atoms with Gasteiger partial charge in [-0.15, -0.1) is 0 Å². The molecule has 1 N–H and O–H groups in total. The van der Waals surface area contributed by atoms with Crippen LogP contribution in [0.3, 0.4) is 0 Å². The predicted octanol–water partition coefficient (Wildman–Crippen LogP) is 3.47. The normalized spacial score (nSPS) is 15.7. The summed E-state index contributed by atoms with van der Waals surface area (Å²) in [6.07, 6.45) is 1.85. The number of aryl methyl sites for hydroxylation is 1. The van der Waals surface area contributed by atoms with Gasteiger partial charge in [-0.05, 0) is 49.6 Å². The van der Waals surface area contributed by atoms with E-state index in [1.807, 2.05) is 34.1 Å². The van der Waals surface area contributed by atoms with Gasteiger partial charge in [0.25, 0.3) is 0 Å². The number of methoxy groups -OCH3 is 1. The standard InChI is InChI=1S/C24H29F2N3O3/c1-17(24(31)27-19-7-10-21(25)22(26)16-19)28-12-3-13-29(15-14-28)23(30)11-6-18-4-8-20(32-2)9-5-18/h4-5,7-10,16-17H,3,6,11-15H2,1-2H3,(H,27,31). The molecule has 2 aromatic rings. The molecule has 0 saturated carbocycles. The average Bonchev–Trinajstić information content (AvgIpc) is 3.06. The largest absolute Gasteiger partial charge is 0.497 e. The van der Waals surface area contributed by atoms with Gasteiger partial charge >= 0.3 is 0 Å². The molecule has 0 aromatic heterocycles. The molecule has 0 spiro atoms.